The highest BCUT2D eigenvalue weighted by molar-refractivity contribution is 5.85. The molecule has 0 radical (unpaired) electrons. The molecule has 0 aliphatic carbocycles. The molecule has 2 nitrogen and oxygen atoms in total. The summed E-state index contributed by atoms with van der Waals surface area (Å²) >= 11 is 0. The van der Waals surface area contributed by atoms with Crippen LogP contribution in [0.5, 0.6) is 5.75 Å². The van der Waals surface area contributed by atoms with Crippen molar-refractivity contribution in [3.05, 3.63) is 24.3 Å². The molecule has 0 atom stereocenters. The van der Waals surface area contributed by atoms with E-state index in [1.54, 1.807) is 12.1 Å². The lowest BCUT2D eigenvalue weighted by Gasteiger charge is -2.04. The van der Waals surface area contributed by atoms with Crippen molar-refractivity contribution in [3.63, 3.8) is 0 Å². The maximum absolute atomic E-state index is 9.00. The number of aromatic hydroxyl groups is 1. The summed E-state index contributed by atoms with van der Waals surface area (Å²) in [6, 6.07) is 7.14. The van der Waals surface area contributed by atoms with Gasteiger partial charge in [-0.25, -0.2) is 0 Å². The van der Waals surface area contributed by atoms with Crippen molar-refractivity contribution in [2.75, 3.05) is 11.9 Å². The predicted octanol–water partition coefficient (Wildman–Crippen LogP) is 3.03. The Balaban J connectivity index is 0.00000144. The van der Waals surface area contributed by atoms with Gasteiger partial charge in [-0.05, 0) is 30.7 Å². The highest BCUT2D eigenvalue weighted by Gasteiger charge is 1.90. The van der Waals surface area contributed by atoms with Gasteiger partial charge in [-0.2, -0.15) is 0 Å². The van der Waals surface area contributed by atoms with Crippen LogP contribution in [-0.2, 0) is 0 Å². The Hall–Kier alpha value is -0.890. The summed E-state index contributed by atoms with van der Waals surface area (Å²) in [5.41, 5.74) is 1.07. The molecule has 0 spiro atoms. The average Bonchev–Trinajstić information content (AvgIpc) is 2.09. The number of rotatable bonds is 4. The minimum atomic E-state index is 0. The zero-order chi connectivity index (χ0) is 8.81. The monoisotopic (exact) mass is 201 g/mol. The fourth-order valence-corrected chi connectivity index (χ4v) is 0.989. The van der Waals surface area contributed by atoms with Crippen LogP contribution in [0.25, 0.3) is 0 Å². The summed E-state index contributed by atoms with van der Waals surface area (Å²) in [5, 5.41) is 12.3. The third kappa shape index (κ3) is 4.63. The molecule has 0 aliphatic heterocycles. The van der Waals surface area contributed by atoms with E-state index in [1.807, 2.05) is 12.1 Å². The lowest BCUT2D eigenvalue weighted by molar-refractivity contribution is 0.475. The molecule has 74 valence electrons. The molecule has 0 fully saturated rings. The fourth-order valence-electron chi connectivity index (χ4n) is 0.989. The Bertz CT molecular complexity index is 223. The summed E-state index contributed by atoms with van der Waals surface area (Å²) in [6.07, 6.45) is 2.38. The minimum Gasteiger partial charge on any atom is -0.508 e. The SMILES string of the molecule is CCCCNc1ccc(O)cc1.Cl. The maximum Gasteiger partial charge on any atom is 0.115 e. The third-order valence-corrected chi connectivity index (χ3v) is 1.73. The number of hydrogen-bond donors (Lipinski definition) is 2. The van der Waals surface area contributed by atoms with Gasteiger partial charge in [0.1, 0.15) is 5.75 Å². The molecule has 1 aromatic carbocycles. The highest BCUT2D eigenvalue weighted by Crippen LogP contribution is 2.13. The van der Waals surface area contributed by atoms with Crippen LogP contribution in [0.4, 0.5) is 5.69 Å². The topological polar surface area (TPSA) is 32.3 Å². The maximum atomic E-state index is 9.00. The molecular formula is C10H16ClNO. The molecule has 0 aromatic heterocycles. The van der Waals surface area contributed by atoms with Crippen LogP contribution in [-0.4, -0.2) is 11.7 Å². The van der Waals surface area contributed by atoms with E-state index in [0.717, 1.165) is 12.2 Å². The summed E-state index contributed by atoms with van der Waals surface area (Å²) in [6.45, 7) is 3.17. The second kappa shape index (κ2) is 6.61. The number of phenolic OH excluding ortho intramolecular Hbond substituents is 1. The van der Waals surface area contributed by atoms with Gasteiger partial charge in [0.15, 0.2) is 0 Å². The van der Waals surface area contributed by atoms with Crippen molar-refractivity contribution >= 4 is 18.1 Å². The second-order valence-electron chi connectivity index (χ2n) is 2.83. The van der Waals surface area contributed by atoms with Crippen LogP contribution in [0.3, 0.4) is 0 Å². The molecule has 0 unspecified atom stereocenters. The van der Waals surface area contributed by atoms with Gasteiger partial charge in [0.2, 0.25) is 0 Å². The quantitative estimate of drug-likeness (QED) is 0.580. The molecule has 1 rings (SSSR count). The molecule has 0 saturated heterocycles. The Labute approximate surface area is 85.4 Å². The molecule has 0 amide bonds. The van der Waals surface area contributed by atoms with Crippen LogP contribution in [0, 0.1) is 0 Å². The van der Waals surface area contributed by atoms with Crippen LogP contribution >= 0.6 is 12.4 Å². The van der Waals surface area contributed by atoms with Crippen LogP contribution in [0.1, 0.15) is 19.8 Å². The lowest BCUT2D eigenvalue weighted by atomic mass is 10.3. The van der Waals surface area contributed by atoms with E-state index in [1.165, 1.54) is 12.8 Å². The Morgan fingerprint density at radius 2 is 1.85 bits per heavy atom. The van der Waals surface area contributed by atoms with Gasteiger partial charge < -0.3 is 10.4 Å². The van der Waals surface area contributed by atoms with E-state index in [4.69, 9.17) is 5.11 Å². The summed E-state index contributed by atoms with van der Waals surface area (Å²) in [4.78, 5) is 0. The fraction of sp³-hybridized carbons (Fsp3) is 0.400. The number of halogens is 1. The van der Waals surface area contributed by atoms with E-state index in [2.05, 4.69) is 12.2 Å². The molecule has 3 heteroatoms. The van der Waals surface area contributed by atoms with Crippen molar-refractivity contribution < 1.29 is 5.11 Å². The first-order valence-corrected chi connectivity index (χ1v) is 4.36. The van der Waals surface area contributed by atoms with Gasteiger partial charge in [0.25, 0.3) is 0 Å². The van der Waals surface area contributed by atoms with Gasteiger partial charge in [0, 0.05) is 12.2 Å². The zero-order valence-electron chi connectivity index (χ0n) is 7.79. The summed E-state index contributed by atoms with van der Waals surface area (Å²) in [7, 11) is 0. The first kappa shape index (κ1) is 12.1. The standard InChI is InChI=1S/C10H15NO.ClH/c1-2-3-8-11-9-4-6-10(12)7-5-9;/h4-7,11-12H,2-3,8H2,1H3;1H. The smallest absolute Gasteiger partial charge is 0.115 e. The highest BCUT2D eigenvalue weighted by atomic mass is 35.5. The van der Waals surface area contributed by atoms with Gasteiger partial charge in [-0.1, -0.05) is 13.3 Å². The second-order valence-corrected chi connectivity index (χ2v) is 2.83. The number of hydrogen-bond acceptors (Lipinski definition) is 2. The summed E-state index contributed by atoms with van der Waals surface area (Å²) in [5.74, 6) is 0.316. The number of unbranched alkanes of at least 4 members (excludes halogenated alkanes) is 1. The van der Waals surface area contributed by atoms with Gasteiger partial charge in [-0.15, -0.1) is 12.4 Å². The van der Waals surface area contributed by atoms with Crippen LogP contribution in [0.2, 0.25) is 0 Å². The van der Waals surface area contributed by atoms with Gasteiger partial charge in [-0.3, -0.25) is 0 Å². The third-order valence-electron chi connectivity index (χ3n) is 1.73. The molecule has 13 heavy (non-hydrogen) atoms. The van der Waals surface area contributed by atoms with Crippen molar-refractivity contribution in [2.45, 2.75) is 19.8 Å². The van der Waals surface area contributed by atoms with Crippen molar-refractivity contribution in [2.24, 2.45) is 0 Å². The Kier molecular flexibility index (Phi) is 6.15. The molecular weight excluding hydrogens is 186 g/mol. The van der Waals surface area contributed by atoms with Crippen molar-refractivity contribution in [1.29, 1.82) is 0 Å². The van der Waals surface area contributed by atoms with E-state index >= 15 is 0 Å². The van der Waals surface area contributed by atoms with Crippen molar-refractivity contribution in [1.82, 2.24) is 0 Å². The molecule has 2 N–H and O–H groups in total. The largest absolute Gasteiger partial charge is 0.508 e. The van der Waals surface area contributed by atoms with E-state index in [9.17, 15) is 0 Å². The van der Waals surface area contributed by atoms with E-state index in [-0.39, 0.29) is 12.4 Å². The molecule has 0 heterocycles. The van der Waals surface area contributed by atoms with Gasteiger partial charge >= 0.3 is 0 Å². The molecule has 0 saturated carbocycles. The molecule has 0 bridgehead atoms. The average molecular weight is 202 g/mol. The first-order valence-electron chi connectivity index (χ1n) is 4.36. The van der Waals surface area contributed by atoms with Crippen LogP contribution < -0.4 is 5.32 Å². The van der Waals surface area contributed by atoms with Gasteiger partial charge in [0.05, 0.1) is 0 Å². The zero-order valence-corrected chi connectivity index (χ0v) is 8.60. The Morgan fingerprint density at radius 3 is 2.38 bits per heavy atom. The summed E-state index contributed by atoms with van der Waals surface area (Å²) < 4.78 is 0. The molecule has 0 aliphatic rings. The van der Waals surface area contributed by atoms with E-state index in [0.29, 0.717) is 5.75 Å². The van der Waals surface area contributed by atoms with Crippen molar-refractivity contribution in [3.8, 4) is 5.75 Å². The number of anilines is 1. The van der Waals surface area contributed by atoms with Crippen LogP contribution in [0.15, 0.2) is 24.3 Å². The first-order chi connectivity index (χ1) is 5.83. The number of nitrogens with one attached hydrogen (secondary N) is 1. The Morgan fingerprint density at radius 1 is 1.23 bits per heavy atom. The minimum absolute atomic E-state index is 0. The predicted molar refractivity (Wildman–Crippen MR) is 58.8 cm³/mol. The lowest BCUT2D eigenvalue weighted by Crippen LogP contribution is -1.99. The van der Waals surface area contributed by atoms with E-state index < -0.39 is 0 Å². The molecule has 1 aromatic rings. The number of phenols is 1. The number of benzene rings is 1. The normalized spacial score (nSPS) is 9.00.